The molecule has 2 aromatic heterocycles. The number of fused-ring (bicyclic) bond motifs is 1. The molecular formula is C17H17ClN4O2S2. The lowest BCUT2D eigenvalue weighted by Crippen LogP contribution is -2.37. The van der Waals surface area contributed by atoms with Crippen molar-refractivity contribution in [3.63, 3.8) is 0 Å². The molecule has 1 amide bonds. The summed E-state index contributed by atoms with van der Waals surface area (Å²) in [5, 5.41) is 9.01. The lowest BCUT2D eigenvalue weighted by molar-refractivity contribution is -0.122. The minimum atomic E-state index is 0.0118. The zero-order valence-electron chi connectivity index (χ0n) is 14.1. The van der Waals surface area contributed by atoms with Crippen LogP contribution in [0.15, 0.2) is 28.7 Å². The zero-order chi connectivity index (χ0) is 18.3. The Balaban J connectivity index is 1.52. The molecule has 1 saturated carbocycles. The van der Waals surface area contributed by atoms with E-state index in [9.17, 15) is 4.79 Å². The van der Waals surface area contributed by atoms with E-state index in [1.807, 2.05) is 36.2 Å². The summed E-state index contributed by atoms with van der Waals surface area (Å²) in [7, 11) is 1.84. The Labute approximate surface area is 164 Å². The number of benzene rings is 1. The van der Waals surface area contributed by atoms with Crippen molar-refractivity contribution in [3.8, 4) is 10.8 Å². The Morgan fingerprint density at radius 3 is 3.00 bits per heavy atom. The van der Waals surface area contributed by atoms with E-state index in [1.165, 1.54) is 11.3 Å². The number of rotatable bonds is 6. The Bertz CT molecular complexity index is 1020. The van der Waals surface area contributed by atoms with Crippen LogP contribution in [0.4, 0.5) is 0 Å². The van der Waals surface area contributed by atoms with E-state index in [4.69, 9.17) is 28.2 Å². The fourth-order valence-electron chi connectivity index (χ4n) is 2.66. The van der Waals surface area contributed by atoms with Crippen molar-refractivity contribution >= 4 is 51.1 Å². The highest BCUT2D eigenvalue weighted by atomic mass is 35.5. The van der Waals surface area contributed by atoms with E-state index in [0.29, 0.717) is 23.6 Å². The molecule has 0 atom stereocenters. The van der Waals surface area contributed by atoms with Crippen LogP contribution in [0.5, 0.6) is 0 Å². The van der Waals surface area contributed by atoms with Crippen LogP contribution in [0.2, 0.25) is 5.02 Å². The second-order valence-electron chi connectivity index (χ2n) is 6.41. The molecule has 136 valence electrons. The number of halogens is 1. The van der Waals surface area contributed by atoms with Crippen molar-refractivity contribution in [1.82, 2.24) is 20.0 Å². The van der Waals surface area contributed by atoms with Crippen LogP contribution in [0, 0.1) is 4.84 Å². The molecule has 2 heterocycles. The summed E-state index contributed by atoms with van der Waals surface area (Å²) >= 11 is 13.3. The second kappa shape index (κ2) is 7.11. The largest absolute Gasteiger partial charge is 0.408 e. The van der Waals surface area contributed by atoms with Gasteiger partial charge in [0.05, 0.1) is 18.2 Å². The quantitative estimate of drug-likeness (QED) is 0.626. The Kier molecular flexibility index (Phi) is 4.83. The van der Waals surface area contributed by atoms with Gasteiger partial charge in [-0.2, -0.15) is 0 Å². The van der Waals surface area contributed by atoms with Gasteiger partial charge in [-0.25, -0.2) is 4.68 Å². The lowest BCUT2D eigenvalue weighted by atomic mass is 10.2. The van der Waals surface area contributed by atoms with Crippen molar-refractivity contribution in [2.75, 3.05) is 13.6 Å². The van der Waals surface area contributed by atoms with Crippen LogP contribution in [0.25, 0.3) is 20.9 Å². The van der Waals surface area contributed by atoms with Crippen LogP contribution < -0.4 is 5.32 Å². The molecular weight excluding hydrogens is 392 g/mol. The standard InChI is InChI=1S/C17H17ClN4O2S2/c1-21(8-13(23)19-10-6-7-10)9-22-17(25)24-16(20-22)15-14(18)11-4-2-3-5-12(11)26-15/h2-5,10H,6-9H2,1H3,(H,19,23). The van der Waals surface area contributed by atoms with Crippen molar-refractivity contribution in [3.05, 3.63) is 34.1 Å². The Morgan fingerprint density at radius 1 is 1.50 bits per heavy atom. The molecule has 0 aliphatic heterocycles. The number of nitrogens with zero attached hydrogens (tertiary/aromatic N) is 3. The summed E-state index contributed by atoms with van der Waals surface area (Å²) in [6.45, 7) is 0.646. The van der Waals surface area contributed by atoms with Gasteiger partial charge in [-0.05, 0) is 38.2 Å². The Morgan fingerprint density at radius 2 is 2.27 bits per heavy atom. The number of aromatic nitrogens is 2. The van der Waals surface area contributed by atoms with E-state index in [-0.39, 0.29) is 17.3 Å². The number of hydrogen-bond donors (Lipinski definition) is 1. The molecule has 1 aromatic carbocycles. The summed E-state index contributed by atoms with van der Waals surface area (Å²) in [4.78, 5) is 14.8. The maximum absolute atomic E-state index is 11.9. The van der Waals surface area contributed by atoms with Gasteiger partial charge < -0.3 is 9.73 Å². The SMILES string of the molecule is CN(CC(=O)NC1CC1)Cn1nc(-c2sc3ccccc3c2Cl)oc1=S. The van der Waals surface area contributed by atoms with E-state index in [0.717, 1.165) is 27.8 Å². The second-order valence-corrected chi connectivity index (χ2v) is 8.19. The van der Waals surface area contributed by atoms with Gasteiger partial charge in [-0.15, -0.1) is 16.4 Å². The summed E-state index contributed by atoms with van der Waals surface area (Å²) < 4.78 is 8.29. The third-order valence-corrected chi connectivity index (χ3v) is 6.02. The van der Waals surface area contributed by atoms with Crippen molar-refractivity contribution in [1.29, 1.82) is 0 Å². The number of hydrogen-bond acceptors (Lipinski definition) is 6. The molecule has 3 aromatic rings. The Hall–Kier alpha value is -1.74. The topological polar surface area (TPSA) is 63.3 Å². The molecule has 0 bridgehead atoms. The molecule has 9 heteroatoms. The molecule has 1 aliphatic carbocycles. The van der Waals surface area contributed by atoms with Gasteiger partial charge in [-0.1, -0.05) is 29.8 Å². The van der Waals surface area contributed by atoms with Gasteiger partial charge in [0, 0.05) is 16.1 Å². The molecule has 4 rings (SSSR count). The summed E-state index contributed by atoms with van der Waals surface area (Å²) in [6, 6.07) is 8.24. The van der Waals surface area contributed by atoms with Crippen LogP contribution >= 0.6 is 35.2 Å². The third-order valence-electron chi connectivity index (χ3n) is 4.07. The van der Waals surface area contributed by atoms with E-state index in [2.05, 4.69) is 10.4 Å². The van der Waals surface area contributed by atoms with Gasteiger partial charge in [0.1, 0.15) is 4.88 Å². The number of amides is 1. The van der Waals surface area contributed by atoms with E-state index < -0.39 is 0 Å². The first-order chi connectivity index (χ1) is 12.5. The summed E-state index contributed by atoms with van der Waals surface area (Å²) in [5.41, 5.74) is 0. The first-order valence-electron chi connectivity index (χ1n) is 8.24. The van der Waals surface area contributed by atoms with Crippen LogP contribution in [0.3, 0.4) is 0 Å². The van der Waals surface area contributed by atoms with Crippen LogP contribution in [-0.2, 0) is 11.5 Å². The molecule has 26 heavy (non-hydrogen) atoms. The number of thiophene rings is 1. The maximum Gasteiger partial charge on any atom is 0.288 e. The molecule has 0 saturated heterocycles. The molecule has 6 nitrogen and oxygen atoms in total. The number of likely N-dealkylation sites (N-methyl/N-ethyl adjacent to an activating group) is 1. The normalized spacial score (nSPS) is 14.3. The van der Waals surface area contributed by atoms with Crippen LogP contribution in [0.1, 0.15) is 12.8 Å². The summed E-state index contributed by atoms with van der Waals surface area (Å²) in [6.07, 6.45) is 2.15. The average molecular weight is 409 g/mol. The monoisotopic (exact) mass is 408 g/mol. The molecule has 0 spiro atoms. The highest BCUT2D eigenvalue weighted by Gasteiger charge is 2.24. The molecule has 0 radical (unpaired) electrons. The zero-order valence-corrected chi connectivity index (χ0v) is 16.5. The molecule has 1 aliphatic rings. The fraction of sp³-hybridized carbons (Fsp3) is 0.353. The van der Waals surface area contributed by atoms with Gasteiger partial charge >= 0.3 is 0 Å². The summed E-state index contributed by atoms with van der Waals surface area (Å²) in [5.74, 6) is 0.412. The molecule has 0 unspecified atom stereocenters. The van der Waals surface area contributed by atoms with Crippen molar-refractivity contribution in [2.45, 2.75) is 25.6 Å². The van der Waals surface area contributed by atoms with Crippen molar-refractivity contribution in [2.24, 2.45) is 0 Å². The number of carbonyl (C=O) groups excluding carboxylic acids is 1. The highest BCUT2D eigenvalue weighted by molar-refractivity contribution is 7.71. The van der Waals surface area contributed by atoms with Crippen molar-refractivity contribution < 1.29 is 9.21 Å². The minimum absolute atomic E-state index is 0.0118. The average Bonchev–Trinajstić information content (AvgIpc) is 3.25. The molecule has 1 fully saturated rings. The maximum atomic E-state index is 11.9. The number of carbonyl (C=O) groups is 1. The van der Waals surface area contributed by atoms with E-state index in [1.54, 1.807) is 4.68 Å². The molecule has 1 N–H and O–H groups in total. The first-order valence-corrected chi connectivity index (χ1v) is 9.85. The third kappa shape index (κ3) is 3.68. The van der Waals surface area contributed by atoms with Crippen LogP contribution in [-0.4, -0.2) is 40.2 Å². The highest BCUT2D eigenvalue weighted by Crippen LogP contribution is 2.41. The van der Waals surface area contributed by atoms with Gasteiger partial charge in [0.25, 0.3) is 10.7 Å². The van der Waals surface area contributed by atoms with Gasteiger partial charge in [0.15, 0.2) is 0 Å². The minimum Gasteiger partial charge on any atom is -0.408 e. The first kappa shape index (κ1) is 17.7. The smallest absolute Gasteiger partial charge is 0.288 e. The lowest BCUT2D eigenvalue weighted by Gasteiger charge is -2.15. The number of nitrogens with one attached hydrogen (secondary N) is 1. The van der Waals surface area contributed by atoms with E-state index >= 15 is 0 Å². The predicted octanol–water partition coefficient (Wildman–Crippen LogP) is 3.91. The fourth-order valence-corrected chi connectivity index (χ4v) is 4.27. The van der Waals surface area contributed by atoms with Gasteiger partial charge in [0.2, 0.25) is 5.91 Å². The van der Waals surface area contributed by atoms with Gasteiger partial charge in [-0.3, -0.25) is 9.69 Å². The predicted molar refractivity (Wildman–Crippen MR) is 105 cm³/mol.